The molecular formula is C13H13N3O2S2. The fourth-order valence-electron chi connectivity index (χ4n) is 2.04. The van der Waals surface area contributed by atoms with Crippen LogP contribution in [0.1, 0.15) is 0 Å². The third-order valence-corrected chi connectivity index (χ3v) is 5.72. The Labute approximate surface area is 121 Å². The molecule has 0 radical (unpaired) electrons. The molecule has 0 saturated carbocycles. The molecule has 5 nitrogen and oxygen atoms in total. The van der Waals surface area contributed by atoms with Gasteiger partial charge in [-0.05, 0) is 5.56 Å². The summed E-state index contributed by atoms with van der Waals surface area (Å²) in [5, 5.41) is 7.35. The van der Waals surface area contributed by atoms with E-state index in [9.17, 15) is 8.42 Å². The second-order valence-corrected chi connectivity index (χ2v) is 7.46. The number of thioether (sulfide) groups is 1. The van der Waals surface area contributed by atoms with Crippen molar-refractivity contribution in [1.82, 2.24) is 10.2 Å². The maximum Gasteiger partial charge on any atom is 0.201 e. The summed E-state index contributed by atoms with van der Waals surface area (Å²) in [6, 6.07) is 9.37. The minimum Gasteiger partial charge on any atom is -0.281 e. The first-order valence-electron chi connectivity index (χ1n) is 6.14. The number of rotatable bonds is 4. The van der Waals surface area contributed by atoms with E-state index in [1.807, 2.05) is 30.3 Å². The van der Waals surface area contributed by atoms with Crippen molar-refractivity contribution >= 4 is 26.6 Å². The van der Waals surface area contributed by atoms with Gasteiger partial charge in [0.2, 0.25) is 9.84 Å². The Bertz CT molecular complexity index is 736. The molecule has 104 valence electrons. The number of sulfone groups is 1. The number of hydrogen-bond donors (Lipinski definition) is 1. The van der Waals surface area contributed by atoms with Crippen molar-refractivity contribution in [2.75, 3.05) is 18.1 Å². The van der Waals surface area contributed by atoms with Crippen LogP contribution in [0.4, 0.5) is 0 Å². The second-order valence-electron chi connectivity index (χ2n) is 4.36. The predicted molar refractivity (Wildman–Crippen MR) is 80.8 cm³/mol. The highest BCUT2D eigenvalue weighted by molar-refractivity contribution is 8.15. The van der Waals surface area contributed by atoms with Crippen LogP contribution in [0.3, 0.4) is 0 Å². The van der Waals surface area contributed by atoms with E-state index in [-0.39, 0.29) is 10.8 Å². The van der Waals surface area contributed by atoms with Gasteiger partial charge in [-0.15, -0.1) is 11.8 Å². The molecule has 20 heavy (non-hydrogen) atoms. The standard InChI is InChI=1S/C13H13N3O2S2/c17-20(18,9-12-14-6-7-19-12)13-11(8-15-16-13)10-4-2-1-3-5-10/h1-5,8H,6-7,9H2,(H,15,16). The summed E-state index contributed by atoms with van der Waals surface area (Å²) in [6.07, 6.45) is 1.55. The summed E-state index contributed by atoms with van der Waals surface area (Å²) in [5.41, 5.74) is 1.44. The van der Waals surface area contributed by atoms with Gasteiger partial charge in [-0.1, -0.05) is 30.3 Å². The number of aromatic nitrogens is 2. The number of benzene rings is 1. The van der Waals surface area contributed by atoms with Crippen LogP contribution >= 0.6 is 11.8 Å². The molecule has 0 spiro atoms. The van der Waals surface area contributed by atoms with Crippen LogP contribution in [0.15, 0.2) is 46.5 Å². The van der Waals surface area contributed by atoms with Crippen LogP contribution in [0, 0.1) is 0 Å². The fourth-order valence-corrected chi connectivity index (χ4v) is 4.69. The average molecular weight is 307 g/mol. The first kappa shape index (κ1) is 13.4. The zero-order valence-electron chi connectivity index (χ0n) is 10.6. The molecule has 0 saturated heterocycles. The Morgan fingerprint density at radius 1 is 1.25 bits per heavy atom. The molecule has 0 atom stereocenters. The Balaban J connectivity index is 1.97. The van der Waals surface area contributed by atoms with E-state index in [2.05, 4.69) is 15.2 Å². The van der Waals surface area contributed by atoms with E-state index in [1.54, 1.807) is 6.20 Å². The summed E-state index contributed by atoms with van der Waals surface area (Å²) in [4.78, 5) is 4.20. The molecule has 1 N–H and O–H groups in total. The van der Waals surface area contributed by atoms with Crippen LogP contribution in [0.2, 0.25) is 0 Å². The summed E-state index contributed by atoms with van der Waals surface area (Å²) >= 11 is 1.50. The fraction of sp³-hybridized carbons (Fsp3) is 0.231. The maximum atomic E-state index is 12.5. The third kappa shape index (κ3) is 2.64. The highest BCUT2D eigenvalue weighted by Crippen LogP contribution is 2.27. The van der Waals surface area contributed by atoms with Gasteiger partial charge in [0.1, 0.15) is 5.75 Å². The van der Waals surface area contributed by atoms with Gasteiger partial charge >= 0.3 is 0 Å². The van der Waals surface area contributed by atoms with Gasteiger partial charge in [-0.25, -0.2) is 8.42 Å². The molecular weight excluding hydrogens is 294 g/mol. The first-order chi connectivity index (χ1) is 9.67. The number of aliphatic imine (C=N–C) groups is 1. The number of H-pyrrole nitrogens is 1. The zero-order valence-corrected chi connectivity index (χ0v) is 12.2. The van der Waals surface area contributed by atoms with E-state index in [0.29, 0.717) is 17.2 Å². The van der Waals surface area contributed by atoms with E-state index in [4.69, 9.17) is 0 Å². The van der Waals surface area contributed by atoms with Crippen molar-refractivity contribution in [1.29, 1.82) is 0 Å². The Hall–Kier alpha value is -1.60. The molecule has 0 unspecified atom stereocenters. The van der Waals surface area contributed by atoms with Crippen LogP contribution in [0.5, 0.6) is 0 Å². The minimum atomic E-state index is -3.45. The monoisotopic (exact) mass is 307 g/mol. The van der Waals surface area contributed by atoms with Crippen molar-refractivity contribution in [3.63, 3.8) is 0 Å². The number of aromatic amines is 1. The minimum absolute atomic E-state index is 0.0559. The molecule has 1 aliphatic heterocycles. The van der Waals surface area contributed by atoms with Crippen LogP contribution in [-0.2, 0) is 9.84 Å². The Morgan fingerprint density at radius 2 is 2.05 bits per heavy atom. The molecule has 2 aromatic rings. The van der Waals surface area contributed by atoms with Crippen molar-refractivity contribution in [3.8, 4) is 11.1 Å². The Morgan fingerprint density at radius 3 is 2.75 bits per heavy atom. The number of hydrogen-bond acceptors (Lipinski definition) is 5. The molecule has 0 fully saturated rings. The van der Waals surface area contributed by atoms with E-state index < -0.39 is 9.84 Å². The summed E-state index contributed by atoms with van der Waals surface area (Å²) < 4.78 is 25.0. The van der Waals surface area contributed by atoms with Crippen molar-refractivity contribution < 1.29 is 8.42 Å². The van der Waals surface area contributed by atoms with Crippen LogP contribution in [-0.4, -0.2) is 41.7 Å². The molecule has 1 aromatic heterocycles. The molecule has 3 rings (SSSR count). The molecule has 2 heterocycles. The predicted octanol–water partition coefficient (Wildman–Crippen LogP) is 2.00. The lowest BCUT2D eigenvalue weighted by atomic mass is 10.1. The second kappa shape index (κ2) is 5.41. The average Bonchev–Trinajstić information content (AvgIpc) is 3.09. The lowest BCUT2D eigenvalue weighted by Crippen LogP contribution is -2.14. The van der Waals surface area contributed by atoms with Gasteiger partial charge in [0, 0.05) is 17.9 Å². The molecule has 7 heteroatoms. The number of nitrogens with zero attached hydrogens (tertiary/aromatic N) is 2. The molecule has 1 aliphatic rings. The first-order valence-corrected chi connectivity index (χ1v) is 8.78. The normalized spacial score (nSPS) is 15.3. The van der Waals surface area contributed by atoms with Crippen molar-refractivity contribution in [2.24, 2.45) is 4.99 Å². The SMILES string of the molecule is O=S(=O)(CC1=NCCS1)c1[nH]ncc1-c1ccccc1. The van der Waals surface area contributed by atoms with Gasteiger partial charge in [0.25, 0.3) is 0 Å². The summed E-state index contributed by atoms with van der Waals surface area (Å²) in [5.74, 6) is 0.805. The van der Waals surface area contributed by atoms with Gasteiger partial charge in [-0.3, -0.25) is 10.1 Å². The smallest absolute Gasteiger partial charge is 0.201 e. The molecule has 1 aromatic carbocycles. The van der Waals surface area contributed by atoms with E-state index in [1.165, 1.54) is 11.8 Å². The van der Waals surface area contributed by atoms with Gasteiger partial charge < -0.3 is 0 Å². The summed E-state index contributed by atoms with van der Waals surface area (Å²) in [6.45, 7) is 0.698. The quantitative estimate of drug-likeness (QED) is 0.937. The zero-order chi connectivity index (χ0) is 14.0. The lowest BCUT2D eigenvalue weighted by Gasteiger charge is -2.05. The highest BCUT2D eigenvalue weighted by Gasteiger charge is 2.25. The molecule has 0 amide bonds. The van der Waals surface area contributed by atoms with E-state index >= 15 is 0 Å². The maximum absolute atomic E-state index is 12.5. The molecule has 0 bridgehead atoms. The van der Waals surface area contributed by atoms with Crippen LogP contribution in [0.25, 0.3) is 11.1 Å². The van der Waals surface area contributed by atoms with Gasteiger partial charge in [0.05, 0.1) is 11.2 Å². The van der Waals surface area contributed by atoms with E-state index in [0.717, 1.165) is 11.3 Å². The topological polar surface area (TPSA) is 75.2 Å². The highest BCUT2D eigenvalue weighted by atomic mass is 32.2. The number of nitrogens with one attached hydrogen (secondary N) is 1. The van der Waals surface area contributed by atoms with Crippen LogP contribution < -0.4 is 0 Å². The van der Waals surface area contributed by atoms with Crippen molar-refractivity contribution in [3.05, 3.63) is 36.5 Å². The largest absolute Gasteiger partial charge is 0.281 e. The summed E-state index contributed by atoms with van der Waals surface area (Å²) in [7, 11) is -3.45. The third-order valence-electron chi connectivity index (χ3n) is 2.96. The molecule has 0 aliphatic carbocycles. The van der Waals surface area contributed by atoms with Gasteiger partial charge in [-0.2, -0.15) is 5.10 Å². The van der Waals surface area contributed by atoms with Crippen molar-refractivity contribution in [2.45, 2.75) is 5.03 Å². The lowest BCUT2D eigenvalue weighted by molar-refractivity contribution is 0.596. The Kier molecular flexibility index (Phi) is 3.62. The van der Waals surface area contributed by atoms with Gasteiger partial charge in [0.15, 0.2) is 5.03 Å².